The lowest BCUT2D eigenvalue weighted by molar-refractivity contribution is -0.133. The molecule has 2 heterocycles. The van der Waals surface area contributed by atoms with Crippen molar-refractivity contribution in [3.8, 4) is 17.1 Å². The topological polar surface area (TPSA) is 77.6 Å². The van der Waals surface area contributed by atoms with Crippen molar-refractivity contribution in [2.75, 3.05) is 13.1 Å². The fourth-order valence-electron chi connectivity index (χ4n) is 4.12. The Morgan fingerprint density at radius 2 is 1.79 bits per heavy atom. The first-order valence-electron chi connectivity index (χ1n) is 10.9. The third-order valence-corrected chi connectivity index (χ3v) is 5.97. The molecule has 1 fully saturated rings. The lowest BCUT2D eigenvalue weighted by atomic mass is 9.90. The number of halogens is 2. The first-order valence-corrected chi connectivity index (χ1v) is 10.9. The van der Waals surface area contributed by atoms with Crippen LogP contribution >= 0.6 is 0 Å². The second-order valence-electron chi connectivity index (χ2n) is 8.11. The van der Waals surface area contributed by atoms with Gasteiger partial charge in [-0.1, -0.05) is 47.6 Å². The molecule has 0 aliphatic carbocycles. The predicted molar refractivity (Wildman–Crippen MR) is 117 cm³/mol. The summed E-state index contributed by atoms with van der Waals surface area (Å²) in [4.78, 5) is 26.7. The van der Waals surface area contributed by atoms with Crippen LogP contribution in [0.4, 0.5) is 8.78 Å². The highest BCUT2D eigenvalue weighted by Gasteiger charge is 2.25. The molecule has 2 aromatic carbocycles. The molecule has 0 unspecified atom stereocenters. The zero-order valence-electron chi connectivity index (χ0n) is 18.0. The second kappa shape index (κ2) is 10.4. The first-order chi connectivity index (χ1) is 16.0. The lowest BCUT2D eigenvalue weighted by Gasteiger charge is -2.32. The highest BCUT2D eigenvalue weighted by molar-refractivity contribution is 5.76. The van der Waals surface area contributed by atoms with E-state index in [-0.39, 0.29) is 18.2 Å². The molecule has 0 spiro atoms. The van der Waals surface area contributed by atoms with Gasteiger partial charge in [-0.15, -0.1) is 0 Å². The van der Waals surface area contributed by atoms with E-state index < -0.39 is 12.4 Å². The van der Waals surface area contributed by atoms with Crippen LogP contribution in [-0.2, 0) is 17.8 Å². The van der Waals surface area contributed by atoms with Crippen LogP contribution in [0.25, 0.3) is 11.4 Å². The number of amides is 1. The van der Waals surface area contributed by atoms with E-state index in [0.717, 1.165) is 31.2 Å². The zero-order valence-corrected chi connectivity index (χ0v) is 18.0. The van der Waals surface area contributed by atoms with E-state index in [2.05, 4.69) is 9.89 Å². The number of aromatic nitrogens is 2. The van der Waals surface area contributed by atoms with Gasteiger partial charge in [-0.25, -0.2) is 9.36 Å². The molecule has 0 bridgehead atoms. The van der Waals surface area contributed by atoms with Gasteiger partial charge in [0, 0.05) is 18.7 Å². The van der Waals surface area contributed by atoms with Crippen molar-refractivity contribution >= 4 is 5.91 Å². The van der Waals surface area contributed by atoms with Gasteiger partial charge in [0.15, 0.2) is 5.82 Å². The summed E-state index contributed by atoms with van der Waals surface area (Å²) < 4.78 is 34.9. The van der Waals surface area contributed by atoms with Crippen LogP contribution in [0.1, 0.15) is 24.8 Å². The number of aryl methyl sites for hydroxylation is 1. The zero-order chi connectivity index (χ0) is 23.2. The molecule has 1 saturated heterocycles. The van der Waals surface area contributed by atoms with Crippen LogP contribution in [0, 0.1) is 5.92 Å². The fraction of sp³-hybridized carbons (Fsp3) is 0.375. The summed E-state index contributed by atoms with van der Waals surface area (Å²) in [7, 11) is 0. The van der Waals surface area contributed by atoms with E-state index in [1.807, 2.05) is 30.3 Å². The Balaban J connectivity index is 1.27. The average molecular weight is 457 g/mol. The Kier molecular flexibility index (Phi) is 7.16. The molecule has 1 aliphatic heterocycles. The highest BCUT2D eigenvalue weighted by atomic mass is 19.3. The second-order valence-corrected chi connectivity index (χ2v) is 8.11. The Morgan fingerprint density at radius 1 is 1.09 bits per heavy atom. The van der Waals surface area contributed by atoms with Gasteiger partial charge in [-0.05, 0) is 49.3 Å². The molecule has 33 heavy (non-hydrogen) atoms. The van der Waals surface area contributed by atoms with Gasteiger partial charge in [0.1, 0.15) is 12.3 Å². The predicted octanol–water partition coefficient (Wildman–Crippen LogP) is 3.98. The normalized spacial score (nSPS) is 14.6. The molecule has 0 N–H and O–H groups in total. The first kappa shape index (κ1) is 22.7. The quantitative estimate of drug-likeness (QED) is 0.512. The minimum atomic E-state index is -2.82. The number of alkyl halides is 2. The number of rotatable bonds is 8. The van der Waals surface area contributed by atoms with E-state index in [1.165, 1.54) is 4.57 Å². The third-order valence-electron chi connectivity index (χ3n) is 5.97. The molecule has 7 nitrogen and oxygen atoms in total. The van der Waals surface area contributed by atoms with Crippen LogP contribution in [-0.4, -0.2) is 40.2 Å². The maximum atomic E-state index is 12.8. The van der Waals surface area contributed by atoms with Gasteiger partial charge in [0.2, 0.25) is 5.91 Å². The van der Waals surface area contributed by atoms with Crippen LogP contribution in [0.5, 0.6) is 5.75 Å². The van der Waals surface area contributed by atoms with Crippen molar-refractivity contribution < 1.29 is 22.8 Å². The Hall–Kier alpha value is -3.49. The summed E-state index contributed by atoms with van der Waals surface area (Å²) in [6.07, 6.45) is 3.55. The van der Waals surface area contributed by atoms with Gasteiger partial charge in [-0.2, -0.15) is 8.78 Å². The molecule has 174 valence electrons. The number of nitrogens with zero attached hydrogens (tertiary/aromatic N) is 3. The molecule has 0 atom stereocenters. The number of hydrogen-bond acceptors (Lipinski definition) is 5. The highest BCUT2D eigenvalue weighted by Crippen LogP contribution is 2.24. The van der Waals surface area contributed by atoms with E-state index in [4.69, 9.17) is 4.52 Å². The number of ether oxygens (including phenoxy) is 1. The Morgan fingerprint density at radius 3 is 2.45 bits per heavy atom. The maximum absolute atomic E-state index is 12.8. The monoisotopic (exact) mass is 457 g/mol. The third kappa shape index (κ3) is 5.85. The largest absolute Gasteiger partial charge is 0.442 e. The number of piperidine rings is 1. The molecule has 1 aliphatic rings. The number of benzene rings is 2. The smallest absolute Gasteiger partial charge is 0.435 e. The van der Waals surface area contributed by atoms with Crippen LogP contribution in [0.15, 0.2) is 63.9 Å². The minimum absolute atomic E-state index is 0.107. The van der Waals surface area contributed by atoms with E-state index >= 15 is 0 Å². The standard InChI is InChI=1S/C24H25F2N3O4/c25-23(26)32-20-10-8-17(9-11-20)6-7-18-12-14-28(15-13-18)21(30)16-29-22(27-33-24(29)31)19-4-2-1-3-5-19/h1-5,8-11,18,23H,6-7,12-16H2. The summed E-state index contributed by atoms with van der Waals surface area (Å²) in [5.74, 6) is 0.188. The van der Waals surface area contributed by atoms with Crippen molar-refractivity contribution in [3.63, 3.8) is 0 Å². The Bertz CT molecular complexity index is 1100. The van der Waals surface area contributed by atoms with E-state index in [9.17, 15) is 18.4 Å². The fourth-order valence-corrected chi connectivity index (χ4v) is 4.12. The Labute approximate surface area is 189 Å². The van der Waals surface area contributed by atoms with E-state index in [0.29, 0.717) is 30.4 Å². The van der Waals surface area contributed by atoms with Crippen molar-refractivity contribution in [1.82, 2.24) is 14.6 Å². The van der Waals surface area contributed by atoms with E-state index in [1.54, 1.807) is 29.2 Å². The summed E-state index contributed by atoms with van der Waals surface area (Å²) in [6, 6.07) is 15.9. The lowest BCUT2D eigenvalue weighted by Crippen LogP contribution is -2.41. The van der Waals surface area contributed by atoms with Crippen LogP contribution in [0.3, 0.4) is 0 Å². The molecule has 0 saturated carbocycles. The van der Waals surface area contributed by atoms with Crippen LogP contribution < -0.4 is 10.5 Å². The SMILES string of the molecule is O=C(Cn1c(-c2ccccc2)noc1=O)N1CCC(CCc2ccc(OC(F)F)cc2)CC1. The summed E-state index contributed by atoms with van der Waals surface area (Å²) in [5, 5.41) is 3.83. The molecule has 3 aromatic rings. The van der Waals surface area contributed by atoms with Gasteiger partial charge >= 0.3 is 12.4 Å². The van der Waals surface area contributed by atoms with Gasteiger partial charge in [0.25, 0.3) is 0 Å². The molecular formula is C24H25F2N3O4. The molecular weight excluding hydrogens is 432 g/mol. The molecule has 1 amide bonds. The van der Waals surface area contributed by atoms with Crippen molar-refractivity contribution in [2.45, 2.75) is 38.8 Å². The van der Waals surface area contributed by atoms with Gasteiger partial charge in [0.05, 0.1) is 0 Å². The molecule has 4 rings (SSSR count). The number of hydrogen-bond donors (Lipinski definition) is 0. The molecule has 0 radical (unpaired) electrons. The van der Waals surface area contributed by atoms with Crippen molar-refractivity contribution in [2.24, 2.45) is 5.92 Å². The number of carbonyl (C=O) groups is 1. The van der Waals surface area contributed by atoms with Crippen molar-refractivity contribution in [3.05, 3.63) is 70.7 Å². The van der Waals surface area contributed by atoms with Gasteiger partial charge in [-0.3, -0.25) is 9.32 Å². The maximum Gasteiger partial charge on any atom is 0.442 e. The van der Waals surface area contributed by atoms with Gasteiger partial charge < -0.3 is 9.64 Å². The van der Waals surface area contributed by atoms with Crippen LogP contribution in [0.2, 0.25) is 0 Å². The summed E-state index contributed by atoms with van der Waals surface area (Å²) in [6.45, 7) is -1.67. The molecule has 1 aromatic heterocycles. The van der Waals surface area contributed by atoms with Crippen molar-refractivity contribution in [1.29, 1.82) is 0 Å². The summed E-state index contributed by atoms with van der Waals surface area (Å²) in [5.41, 5.74) is 1.78. The number of carbonyl (C=O) groups excluding carboxylic acids is 1. The average Bonchev–Trinajstić information content (AvgIpc) is 3.19. The number of likely N-dealkylation sites (tertiary alicyclic amines) is 1. The molecule has 9 heteroatoms. The summed E-state index contributed by atoms with van der Waals surface area (Å²) >= 11 is 0. The minimum Gasteiger partial charge on any atom is -0.435 e.